The molecule has 4 heterocycles. The largest absolute Gasteiger partial charge is 0.507 e. The molecule has 6 rings (SSSR count). The van der Waals surface area contributed by atoms with Crippen LogP contribution < -0.4 is 10.6 Å². The van der Waals surface area contributed by atoms with E-state index in [1.807, 2.05) is 31.2 Å². The SMILES string of the molecule is CCCCC(Cc1cc(C)c(O)c(C(C)(C)C)c1)(C(=O)OC1CC(C)(C)NC(C)(C)C1)C(=O)OC1CC(C)(C)NC(C)(C)C1.CN1C(C)(C)CC(OC(=O)C(Cc2cc(C(C)(C)C)c(O)c(C(C)(C)C)c2)C(=O)OC2CC(C)(C)N(C)C(C)(C)C2)CC1(C)C. The Hall–Kier alpha value is -4.24. The van der Waals surface area contributed by atoms with E-state index in [9.17, 15) is 29.4 Å². The fraction of sp³-hybridized carbons (Fsp3) is 0.787. The van der Waals surface area contributed by atoms with Crippen LogP contribution in [0.3, 0.4) is 0 Å². The standard InChI is InChI=1S/C38H64N2O5.C37H62N2O5/c1-33(2,3)28-18-24(19-29(30(28)41)34(4,5)6)17-27(31(42)44-25-20-35(7,8)39(15)36(9,10)21-25)32(43)45-26-22-37(11,12)40(16)38(13,14)23-26;1-14-15-16-37(19-25-17-24(2)29(40)28(18-25)32(3,4)5,30(41)43-26-20-33(6,7)38-34(8,9)21-26)31(42)44-27-22-35(10,11)39-36(12,13)23-27/h18-19,25-27,41H,17,20-23H2,1-16H3;17-18,26-27,38-40H,14-16,19-23H2,1-13H3. The normalized spacial score (nSPS) is 22.4. The summed E-state index contributed by atoms with van der Waals surface area (Å²) < 4.78 is 25.3. The Balaban J connectivity index is 0.000000324. The quantitative estimate of drug-likeness (QED) is 0.0753. The molecular formula is C75H126N4O10. The highest BCUT2D eigenvalue weighted by Crippen LogP contribution is 2.45. The summed E-state index contributed by atoms with van der Waals surface area (Å²) in [7, 11) is 4.24. The van der Waals surface area contributed by atoms with Gasteiger partial charge < -0.3 is 39.8 Å². The molecule has 0 aromatic heterocycles. The smallest absolute Gasteiger partial charge is 0.324 e. The number of esters is 4. The lowest BCUT2D eigenvalue weighted by Crippen LogP contribution is -2.61. The molecule has 14 heteroatoms. The maximum atomic E-state index is 14.6. The highest BCUT2D eigenvalue weighted by atomic mass is 16.6. The predicted molar refractivity (Wildman–Crippen MR) is 361 cm³/mol. The van der Waals surface area contributed by atoms with Crippen LogP contribution in [-0.2, 0) is 67.2 Å². The van der Waals surface area contributed by atoms with E-state index in [2.05, 4.69) is 215 Å². The number of ether oxygens (including phenoxy) is 4. The number of hydrogen-bond donors (Lipinski definition) is 4. The van der Waals surface area contributed by atoms with Gasteiger partial charge in [-0.3, -0.25) is 29.0 Å². The molecule has 4 aliphatic heterocycles. The number of unbranched alkanes of at least 4 members (excludes halogenated alkanes) is 1. The monoisotopic (exact) mass is 1240 g/mol. The molecule has 0 bridgehead atoms. The lowest BCUT2D eigenvalue weighted by molar-refractivity contribution is -0.184. The zero-order chi connectivity index (χ0) is 68.2. The van der Waals surface area contributed by atoms with E-state index in [0.717, 1.165) is 39.8 Å². The lowest BCUT2D eigenvalue weighted by Gasteiger charge is -2.53. The van der Waals surface area contributed by atoms with Crippen molar-refractivity contribution in [1.29, 1.82) is 0 Å². The van der Waals surface area contributed by atoms with Crippen LogP contribution in [0.2, 0.25) is 0 Å². The number of phenolic OH excluding ortho intramolecular Hbond substituents is 2. The fourth-order valence-corrected chi connectivity index (χ4v) is 15.7. The van der Waals surface area contributed by atoms with Crippen molar-refractivity contribution >= 4 is 23.9 Å². The first-order chi connectivity index (χ1) is 40.0. The molecule has 506 valence electrons. The van der Waals surface area contributed by atoms with Crippen LogP contribution in [0.15, 0.2) is 24.3 Å². The Morgan fingerprint density at radius 2 is 0.798 bits per heavy atom. The van der Waals surface area contributed by atoms with Gasteiger partial charge >= 0.3 is 23.9 Å². The van der Waals surface area contributed by atoms with Crippen LogP contribution in [0.25, 0.3) is 0 Å². The van der Waals surface area contributed by atoms with E-state index < -0.39 is 35.2 Å². The molecule has 4 N–H and O–H groups in total. The van der Waals surface area contributed by atoms with Gasteiger partial charge in [0.25, 0.3) is 0 Å². The predicted octanol–water partition coefficient (Wildman–Crippen LogP) is 15.0. The summed E-state index contributed by atoms with van der Waals surface area (Å²) in [5.74, 6) is -2.65. The Morgan fingerprint density at radius 3 is 1.11 bits per heavy atom. The van der Waals surface area contributed by atoms with Crippen molar-refractivity contribution in [3.05, 3.63) is 57.6 Å². The molecule has 2 aromatic carbocycles. The lowest BCUT2D eigenvalue weighted by atomic mass is 9.74. The molecule has 4 aliphatic rings. The van der Waals surface area contributed by atoms with Crippen LogP contribution in [0.5, 0.6) is 11.5 Å². The maximum absolute atomic E-state index is 14.6. The summed E-state index contributed by atoms with van der Waals surface area (Å²) in [6, 6.07) is 7.75. The fourth-order valence-electron chi connectivity index (χ4n) is 15.7. The van der Waals surface area contributed by atoms with Crippen LogP contribution in [0.1, 0.15) is 284 Å². The summed E-state index contributed by atoms with van der Waals surface area (Å²) in [4.78, 5) is 62.2. The molecule has 89 heavy (non-hydrogen) atoms. The van der Waals surface area contributed by atoms with E-state index in [4.69, 9.17) is 18.9 Å². The average molecular weight is 1240 g/mol. The zero-order valence-corrected chi connectivity index (χ0v) is 61.4. The highest BCUT2D eigenvalue weighted by Gasteiger charge is 2.53. The van der Waals surface area contributed by atoms with Gasteiger partial charge in [-0.05, 0) is 201 Å². The Morgan fingerprint density at radius 1 is 0.494 bits per heavy atom. The number of carbonyl (C=O) groups excluding carboxylic acids is 4. The second kappa shape index (κ2) is 26.3. The van der Waals surface area contributed by atoms with Crippen molar-refractivity contribution in [2.24, 2.45) is 11.3 Å². The van der Waals surface area contributed by atoms with Crippen LogP contribution in [-0.4, -0.2) is 127 Å². The van der Waals surface area contributed by atoms with Crippen molar-refractivity contribution in [3.63, 3.8) is 0 Å². The molecule has 0 unspecified atom stereocenters. The van der Waals surface area contributed by atoms with Crippen molar-refractivity contribution in [3.8, 4) is 11.5 Å². The third kappa shape index (κ3) is 19.0. The van der Waals surface area contributed by atoms with E-state index in [1.54, 1.807) is 0 Å². The minimum atomic E-state index is -1.51. The number of nitrogens with one attached hydrogen (secondary N) is 2. The number of carbonyl (C=O) groups is 4. The van der Waals surface area contributed by atoms with Crippen molar-refractivity contribution < 1.29 is 48.3 Å². The number of phenols is 2. The summed E-state index contributed by atoms with van der Waals surface area (Å²) in [6.45, 7) is 56.8. The first kappa shape index (κ1) is 75.5. The van der Waals surface area contributed by atoms with Crippen molar-refractivity contribution in [2.75, 3.05) is 14.1 Å². The Bertz CT molecular complexity index is 2640. The summed E-state index contributed by atoms with van der Waals surface area (Å²) >= 11 is 0. The van der Waals surface area contributed by atoms with Gasteiger partial charge in [0.2, 0.25) is 0 Å². The van der Waals surface area contributed by atoms with Crippen LogP contribution in [0, 0.1) is 18.3 Å². The first-order valence-electron chi connectivity index (χ1n) is 33.6. The Kier molecular flexibility index (Phi) is 22.3. The van der Waals surface area contributed by atoms with Gasteiger partial charge in [-0.15, -0.1) is 0 Å². The molecule has 14 nitrogen and oxygen atoms in total. The van der Waals surface area contributed by atoms with Gasteiger partial charge in [0, 0.05) is 95.7 Å². The van der Waals surface area contributed by atoms with Gasteiger partial charge in [-0.1, -0.05) is 106 Å². The molecule has 0 radical (unpaired) electrons. The topological polar surface area (TPSA) is 176 Å². The molecule has 0 atom stereocenters. The summed E-state index contributed by atoms with van der Waals surface area (Å²) in [6.07, 6.45) is 6.20. The summed E-state index contributed by atoms with van der Waals surface area (Å²) in [5, 5.41) is 29.6. The minimum absolute atomic E-state index is 0.142. The van der Waals surface area contributed by atoms with E-state index in [0.29, 0.717) is 64.2 Å². The van der Waals surface area contributed by atoms with Crippen LogP contribution in [0.4, 0.5) is 0 Å². The summed E-state index contributed by atoms with van der Waals surface area (Å²) in [5.41, 5.74) is 0.664. The number of rotatable bonds is 15. The number of aromatic hydroxyl groups is 2. The third-order valence-electron chi connectivity index (χ3n) is 20.2. The molecule has 0 aliphatic carbocycles. The van der Waals surface area contributed by atoms with Gasteiger partial charge in [-0.2, -0.15) is 0 Å². The number of nitrogens with zero attached hydrogens (tertiary/aromatic N) is 2. The average Bonchev–Trinajstić information content (AvgIpc) is 1.05. The van der Waals surface area contributed by atoms with Crippen molar-refractivity contribution in [2.45, 2.75) is 355 Å². The van der Waals surface area contributed by atoms with Gasteiger partial charge in [-0.25, -0.2) is 0 Å². The number of piperidine rings is 4. The van der Waals surface area contributed by atoms with Gasteiger partial charge in [0.15, 0.2) is 11.3 Å². The minimum Gasteiger partial charge on any atom is -0.507 e. The van der Waals surface area contributed by atoms with E-state index in [-0.39, 0.29) is 109 Å². The molecule has 4 fully saturated rings. The number of hydrogen-bond acceptors (Lipinski definition) is 14. The van der Waals surface area contributed by atoms with Gasteiger partial charge in [0.05, 0.1) is 0 Å². The molecule has 4 saturated heterocycles. The third-order valence-corrected chi connectivity index (χ3v) is 20.2. The number of benzene rings is 2. The van der Waals surface area contributed by atoms with E-state index in [1.165, 1.54) is 0 Å². The second-order valence-electron chi connectivity index (χ2n) is 36.2. The zero-order valence-electron chi connectivity index (χ0n) is 61.4. The van der Waals surface area contributed by atoms with Gasteiger partial charge in [0.1, 0.15) is 35.9 Å². The number of aryl methyl sites for hydroxylation is 1. The van der Waals surface area contributed by atoms with Crippen LogP contribution >= 0.6 is 0 Å². The molecule has 0 saturated carbocycles. The van der Waals surface area contributed by atoms with Crippen molar-refractivity contribution in [1.82, 2.24) is 20.4 Å². The van der Waals surface area contributed by atoms with E-state index >= 15 is 0 Å². The first-order valence-corrected chi connectivity index (χ1v) is 33.6. The number of likely N-dealkylation sites (tertiary alicyclic amines) is 2. The Labute approximate surface area is 540 Å². The molecule has 0 spiro atoms. The second-order valence-corrected chi connectivity index (χ2v) is 36.2. The maximum Gasteiger partial charge on any atom is 0.324 e. The highest BCUT2D eigenvalue weighted by molar-refractivity contribution is 6.00. The molecule has 0 amide bonds. The molecular weight excluding hydrogens is 1120 g/mol. The molecule has 2 aromatic rings.